The molecule has 7 nitrogen and oxygen atoms in total. The highest BCUT2D eigenvalue weighted by Crippen LogP contribution is 2.44. The fourth-order valence-electron chi connectivity index (χ4n) is 5.31. The molecule has 2 aromatic carbocycles. The number of nitrogens with one attached hydrogen (secondary N) is 1. The standard InChI is InChI=1S/C27H32N2O5/c1-2-12-27(25(31)32)13-16-29(17-14-27)24(30)11-15-28-26(33)34-18-23-21-9-5-3-7-19(21)20-8-4-6-10-22(20)23/h3-10,23H,2,11-18H2,1H3,(H,28,33)(H,31,32). The molecule has 0 unspecified atom stereocenters. The van der Waals surface area contributed by atoms with Crippen molar-refractivity contribution in [1.82, 2.24) is 10.2 Å². The lowest BCUT2D eigenvalue weighted by Gasteiger charge is -2.38. The number of alkyl carbamates (subject to hydrolysis) is 1. The van der Waals surface area contributed by atoms with Crippen molar-refractivity contribution in [1.29, 1.82) is 0 Å². The highest BCUT2D eigenvalue weighted by atomic mass is 16.5. The number of hydrogen-bond donors (Lipinski definition) is 2. The van der Waals surface area contributed by atoms with Crippen LogP contribution >= 0.6 is 0 Å². The van der Waals surface area contributed by atoms with Gasteiger partial charge in [-0.15, -0.1) is 0 Å². The third-order valence-electron chi connectivity index (χ3n) is 7.21. The number of hydrogen-bond acceptors (Lipinski definition) is 4. The van der Waals surface area contributed by atoms with Crippen LogP contribution in [-0.4, -0.2) is 54.2 Å². The highest BCUT2D eigenvalue weighted by molar-refractivity contribution is 5.80. The van der Waals surface area contributed by atoms with Gasteiger partial charge in [0.2, 0.25) is 5.91 Å². The van der Waals surface area contributed by atoms with E-state index in [1.165, 1.54) is 11.1 Å². The molecule has 2 amide bonds. The quantitative estimate of drug-likeness (QED) is 0.603. The highest BCUT2D eigenvalue weighted by Gasteiger charge is 2.41. The van der Waals surface area contributed by atoms with Crippen molar-refractivity contribution >= 4 is 18.0 Å². The van der Waals surface area contributed by atoms with E-state index in [0.29, 0.717) is 32.4 Å². The molecule has 2 aliphatic rings. The average Bonchev–Trinajstić information content (AvgIpc) is 3.17. The first-order valence-corrected chi connectivity index (χ1v) is 12.1. The molecule has 1 aliphatic carbocycles. The molecule has 1 fully saturated rings. The fraction of sp³-hybridized carbons (Fsp3) is 0.444. The van der Waals surface area contributed by atoms with E-state index >= 15 is 0 Å². The Hall–Kier alpha value is -3.35. The van der Waals surface area contributed by atoms with Crippen LogP contribution in [0.1, 0.15) is 56.1 Å². The number of piperidine rings is 1. The summed E-state index contributed by atoms with van der Waals surface area (Å²) in [6.07, 6.45) is 2.01. The van der Waals surface area contributed by atoms with Crippen molar-refractivity contribution in [3.8, 4) is 11.1 Å². The second-order valence-electron chi connectivity index (χ2n) is 9.22. The zero-order chi connectivity index (χ0) is 24.1. The van der Waals surface area contributed by atoms with Crippen LogP contribution in [0.4, 0.5) is 4.79 Å². The number of carbonyl (C=O) groups excluding carboxylic acids is 2. The number of amides is 2. The number of carboxylic acids is 1. The van der Waals surface area contributed by atoms with Gasteiger partial charge >= 0.3 is 12.1 Å². The van der Waals surface area contributed by atoms with Gasteiger partial charge in [-0.1, -0.05) is 61.9 Å². The Kier molecular flexibility index (Phi) is 7.20. The van der Waals surface area contributed by atoms with Gasteiger partial charge in [-0.3, -0.25) is 9.59 Å². The lowest BCUT2D eigenvalue weighted by atomic mass is 9.75. The summed E-state index contributed by atoms with van der Waals surface area (Å²) in [4.78, 5) is 38.3. The third kappa shape index (κ3) is 4.79. The molecule has 34 heavy (non-hydrogen) atoms. The number of nitrogens with zero attached hydrogens (tertiary/aromatic N) is 1. The summed E-state index contributed by atoms with van der Waals surface area (Å²) in [5.74, 6) is -0.849. The van der Waals surface area contributed by atoms with Crippen molar-refractivity contribution in [2.75, 3.05) is 26.2 Å². The van der Waals surface area contributed by atoms with Crippen LogP contribution in [0.15, 0.2) is 48.5 Å². The fourth-order valence-corrected chi connectivity index (χ4v) is 5.31. The minimum Gasteiger partial charge on any atom is -0.481 e. The Labute approximate surface area is 200 Å². The summed E-state index contributed by atoms with van der Waals surface area (Å²) in [5.41, 5.74) is 3.93. The van der Waals surface area contributed by atoms with E-state index in [0.717, 1.165) is 17.5 Å². The molecule has 7 heteroatoms. The predicted molar refractivity (Wildman–Crippen MR) is 128 cm³/mol. The zero-order valence-corrected chi connectivity index (χ0v) is 19.6. The minimum atomic E-state index is -0.765. The van der Waals surface area contributed by atoms with Crippen molar-refractivity contribution < 1.29 is 24.2 Å². The Morgan fingerprint density at radius 2 is 1.62 bits per heavy atom. The number of rotatable bonds is 8. The monoisotopic (exact) mass is 464 g/mol. The molecule has 0 atom stereocenters. The molecule has 180 valence electrons. The first kappa shape index (κ1) is 23.8. The van der Waals surface area contributed by atoms with Gasteiger partial charge in [0.25, 0.3) is 0 Å². The van der Waals surface area contributed by atoms with Gasteiger partial charge in [0.05, 0.1) is 5.41 Å². The van der Waals surface area contributed by atoms with Crippen molar-refractivity contribution in [3.05, 3.63) is 59.7 Å². The molecule has 2 N–H and O–H groups in total. The molecule has 0 saturated carbocycles. The third-order valence-corrected chi connectivity index (χ3v) is 7.21. The van der Waals surface area contributed by atoms with E-state index in [1.54, 1.807) is 4.90 Å². The van der Waals surface area contributed by atoms with Crippen LogP contribution in [0, 0.1) is 5.41 Å². The molecule has 0 aromatic heterocycles. The number of aliphatic carboxylic acids is 1. The van der Waals surface area contributed by atoms with Gasteiger partial charge < -0.3 is 20.1 Å². The van der Waals surface area contributed by atoms with E-state index in [2.05, 4.69) is 29.6 Å². The second-order valence-corrected chi connectivity index (χ2v) is 9.22. The summed E-state index contributed by atoms with van der Waals surface area (Å²) in [6, 6.07) is 16.3. The van der Waals surface area contributed by atoms with Gasteiger partial charge in [-0.2, -0.15) is 0 Å². The van der Waals surface area contributed by atoms with Crippen LogP contribution in [0.3, 0.4) is 0 Å². The van der Waals surface area contributed by atoms with Gasteiger partial charge in [0, 0.05) is 32.0 Å². The van der Waals surface area contributed by atoms with Crippen LogP contribution in [0.5, 0.6) is 0 Å². The maximum absolute atomic E-state index is 12.5. The van der Waals surface area contributed by atoms with Gasteiger partial charge in [-0.25, -0.2) is 4.79 Å². The van der Waals surface area contributed by atoms with Crippen molar-refractivity contribution in [2.24, 2.45) is 5.41 Å². The topological polar surface area (TPSA) is 95.9 Å². The Bertz CT molecular complexity index is 1010. The Morgan fingerprint density at radius 1 is 1.03 bits per heavy atom. The summed E-state index contributed by atoms with van der Waals surface area (Å²) in [5, 5.41) is 12.3. The second kappa shape index (κ2) is 10.3. The molecular formula is C27H32N2O5. The van der Waals surface area contributed by atoms with E-state index in [4.69, 9.17) is 4.74 Å². The van der Waals surface area contributed by atoms with Crippen LogP contribution < -0.4 is 5.32 Å². The predicted octanol–water partition coefficient (Wildman–Crippen LogP) is 4.41. The smallest absolute Gasteiger partial charge is 0.407 e. The number of ether oxygens (including phenoxy) is 1. The minimum absolute atomic E-state index is 0.00856. The summed E-state index contributed by atoms with van der Waals surface area (Å²) >= 11 is 0. The molecule has 0 bridgehead atoms. The molecule has 4 rings (SSSR count). The zero-order valence-electron chi connectivity index (χ0n) is 19.6. The molecule has 1 aliphatic heterocycles. The first-order valence-electron chi connectivity index (χ1n) is 12.1. The van der Waals surface area contributed by atoms with Crippen molar-refractivity contribution in [3.63, 3.8) is 0 Å². The van der Waals surface area contributed by atoms with Crippen LogP contribution in [0.25, 0.3) is 11.1 Å². The van der Waals surface area contributed by atoms with Crippen molar-refractivity contribution in [2.45, 2.75) is 44.9 Å². The first-order chi connectivity index (χ1) is 16.4. The summed E-state index contributed by atoms with van der Waals surface area (Å²) in [6.45, 7) is 3.28. The SMILES string of the molecule is CCCC1(C(=O)O)CCN(C(=O)CCNC(=O)OCC2c3ccccc3-c3ccccc32)CC1. The molecule has 0 spiro atoms. The van der Waals surface area contributed by atoms with Crippen LogP contribution in [-0.2, 0) is 14.3 Å². The average molecular weight is 465 g/mol. The molecule has 1 saturated heterocycles. The molecule has 2 aromatic rings. The lowest BCUT2D eigenvalue weighted by Crippen LogP contribution is -2.47. The summed E-state index contributed by atoms with van der Waals surface area (Å²) in [7, 11) is 0. The molecule has 0 radical (unpaired) electrons. The van der Waals surface area contributed by atoms with Crippen LogP contribution in [0.2, 0.25) is 0 Å². The van der Waals surface area contributed by atoms with Gasteiger partial charge in [-0.05, 0) is 41.5 Å². The van der Waals surface area contributed by atoms with E-state index < -0.39 is 17.5 Å². The summed E-state index contributed by atoms with van der Waals surface area (Å²) < 4.78 is 5.51. The number of carbonyl (C=O) groups is 3. The maximum atomic E-state index is 12.5. The lowest BCUT2D eigenvalue weighted by molar-refractivity contribution is -0.155. The van der Waals surface area contributed by atoms with Gasteiger partial charge in [0.1, 0.15) is 6.61 Å². The normalized spacial score (nSPS) is 16.4. The number of likely N-dealkylation sites (tertiary alicyclic amines) is 1. The molecule has 1 heterocycles. The van der Waals surface area contributed by atoms with E-state index in [-0.39, 0.29) is 31.4 Å². The number of carboxylic acid groups (broad SMARTS) is 1. The Balaban J connectivity index is 1.23. The van der Waals surface area contributed by atoms with E-state index in [1.807, 2.05) is 31.2 Å². The molecular weight excluding hydrogens is 432 g/mol. The van der Waals surface area contributed by atoms with E-state index in [9.17, 15) is 19.5 Å². The number of fused-ring (bicyclic) bond motifs is 3. The maximum Gasteiger partial charge on any atom is 0.407 e. The number of benzene rings is 2. The Morgan fingerprint density at radius 3 is 2.18 bits per heavy atom. The van der Waals surface area contributed by atoms with Gasteiger partial charge in [0.15, 0.2) is 0 Å². The largest absolute Gasteiger partial charge is 0.481 e.